The second kappa shape index (κ2) is 6.46. The molecule has 1 aliphatic rings. The average molecular weight is 366 g/mol. The highest BCUT2D eigenvalue weighted by atomic mass is 32.1. The lowest BCUT2D eigenvalue weighted by molar-refractivity contribution is -0.118. The highest BCUT2D eigenvalue weighted by molar-refractivity contribution is 7.10. The van der Waals surface area contributed by atoms with Crippen molar-refractivity contribution in [3.63, 3.8) is 0 Å². The number of carbonyl (C=O) groups is 1. The summed E-state index contributed by atoms with van der Waals surface area (Å²) < 4.78 is 7.05. The van der Waals surface area contributed by atoms with Gasteiger partial charge in [0.15, 0.2) is 0 Å². The number of thiazole rings is 1. The van der Waals surface area contributed by atoms with Crippen molar-refractivity contribution in [2.45, 2.75) is 12.3 Å². The molecule has 26 heavy (non-hydrogen) atoms. The Balaban J connectivity index is 1.93. The third-order valence-corrected chi connectivity index (χ3v) is 5.83. The second-order valence-electron chi connectivity index (χ2n) is 6.18. The Labute approximate surface area is 155 Å². The SMILES string of the molecule is COc1ccccc1[C@H]1CC(=O)N(c2ccccc2)c2c1sc(=O)n2C. The molecular formula is C20H18N2O3S. The molecule has 0 saturated carbocycles. The van der Waals surface area contributed by atoms with Crippen LogP contribution < -0.4 is 14.5 Å². The van der Waals surface area contributed by atoms with Crippen molar-refractivity contribution in [3.8, 4) is 5.75 Å². The summed E-state index contributed by atoms with van der Waals surface area (Å²) in [5, 5.41) is 0. The molecule has 1 atom stereocenters. The Morgan fingerprint density at radius 2 is 1.73 bits per heavy atom. The minimum Gasteiger partial charge on any atom is -0.496 e. The molecule has 0 unspecified atom stereocenters. The van der Waals surface area contributed by atoms with Crippen molar-refractivity contribution >= 4 is 28.7 Å². The molecule has 0 spiro atoms. The Bertz CT molecular complexity index is 1020. The maximum absolute atomic E-state index is 13.1. The van der Waals surface area contributed by atoms with E-state index in [0.29, 0.717) is 12.2 Å². The van der Waals surface area contributed by atoms with E-state index in [0.717, 1.165) is 21.9 Å². The summed E-state index contributed by atoms with van der Waals surface area (Å²) in [4.78, 5) is 28.0. The van der Waals surface area contributed by atoms with Gasteiger partial charge >= 0.3 is 4.87 Å². The summed E-state index contributed by atoms with van der Waals surface area (Å²) in [6, 6.07) is 17.1. The van der Waals surface area contributed by atoms with E-state index < -0.39 is 0 Å². The highest BCUT2D eigenvalue weighted by Gasteiger charge is 2.38. The van der Waals surface area contributed by atoms with Crippen LogP contribution in [0, 0.1) is 0 Å². The fourth-order valence-electron chi connectivity index (χ4n) is 3.47. The predicted octanol–water partition coefficient (Wildman–Crippen LogP) is 3.66. The van der Waals surface area contributed by atoms with Crippen molar-refractivity contribution in [3.05, 3.63) is 74.7 Å². The Kier molecular flexibility index (Phi) is 4.12. The van der Waals surface area contributed by atoms with Crippen LogP contribution in [-0.4, -0.2) is 17.6 Å². The molecule has 0 fully saturated rings. The normalized spacial score (nSPS) is 16.5. The van der Waals surface area contributed by atoms with Crippen molar-refractivity contribution in [2.75, 3.05) is 12.0 Å². The van der Waals surface area contributed by atoms with Gasteiger partial charge in [0.1, 0.15) is 11.6 Å². The summed E-state index contributed by atoms with van der Waals surface area (Å²) in [5.74, 6) is 1.16. The lowest BCUT2D eigenvalue weighted by Crippen LogP contribution is -2.34. The summed E-state index contributed by atoms with van der Waals surface area (Å²) in [7, 11) is 3.33. The number of benzene rings is 2. The van der Waals surface area contributed by atoms with Crippen LogP contribution in [-0.2, 0) is 11.8 Å². The number of rotatable bonds is 3. The number of anilines is 2. The van der Waals surface area contributed by atoms with Crippen molar-refractivity contribution in [1.29, 1.82) is 0 Å². The molecule has 0 N–H and O–H groups in total. The molecule has 5 nitrogen and oxygen atoms in total. The first-order valence-electron chi connectivity index (χ1n) is 8.32. The topological polar surface area (TPSA) is 51.5 Å². The molecular weight excluding hydrogens is 348 g/mol. The summed E-state index contributed by atoms with van der Waals surface area (Å²) in [6.45, 7) is 0. The second-order valence-corrected chi connectivity index (χ2v) is 7.17. The van der Waals surface area contributed by atoms with Gasteiger partial charge in [-0.25, -0.2) is 0 Å². The molecule has 0 aliphatic carbocycles. The van der Waals surface area contributed by atoms with Crippen LogP contribution in [0.2, 0.25) is 0 Å². The molecule has 4 rings (SSSR count). The van der Waals surface area contributed by atoms with Gasteiger partial charge in [-0.15, -0.1) is 0 Å². The molecule has 3 aromatic rings. The van der Waals surface area contributed by atoms with Crippen LogP contribution in [0.1, 0.15) is 22.8 Å². The molecule has 6 heteroatoms. The lowest BCUT2D eigenvalue weighted by Gasteiger charge is -2.32. The number of hydrogen-bond donors (Lipinski definition) is 0. The number of nitrogens with zero attached hydrogens (tertiary/aromatic N) is 2. The number of para-hydroxylation sites is 2. The Morgan fingerprint density at radius 3 is 2.46 bits per heavy atom. The summed E-state index contributed by atoms with van der Waals surface area (Å²) >= 11 is 1.20. The van der Waals surface area contributed by atoms with Crippen LogP contribution in [0.25, 0.3) is 0 Å². The average Bonchev–Trinajstić information content (AvgIpc) is 2.97. The van der Waals surface area contributed by atoms with Crippen LogP contribution in [0.5, 0.6) is 5.75 Å². The Morgan fingerprint density at radius 1 is 1.04 bits per heavy atom. The van der Waals surface area contributed by atoms with E-state index in [-0.39, 0.29) is 16.7 Å². The van der Waals surface area contributed by atoms with E-state index >= 15 is 0 Å². The predicted molar refractivity (Wildman–Crippen MR) is 103 cm³/mol. The lowest BCUT2D eigenvalue weighted by atomic mass is 9.89. The number of fused-ring (bicyclic) bond motifs is 1. The molecule has 2 aromatic carbocycles. The van der Waals surface area contributed by atoms with Gasteiger partial charge in [-0.05, 0) is 18.2 Å². The van der Waals surface area contributed by atoms with Crippen molar-refractivity contribution in [1.82, 2.24) is 4.57 Å². The van der Waals surface area contributed by atoms with Gasteiger partial charge < -0.3 is 4.74 Å². The van der Waals surface area contributed by atoms with Gasteiger partial charge in [0.2, 0.25) is 5.91 Å². The minimum atomic E-state index is -0.187. The maximum atomic E-state index is 13.1. The molecule has 0 saturated heterocycles. The number of methoxy groups -OCH3 is 1. The Hall–Kier alpha value is -2.86. The van der Waals surface area contributed by atoms with Gasteiger partial charge in [0, 0.05) is 24.9 Å². The van der Waals surface area contributed by atoms with E-state index in [9.17, 15) is 9.59 Å². The zero-order chi connectivity index (χ0) is 18.3. The summed E-state index contributed by atoms with van der Waals surface area (Å²) in [5.41, 5.74) is 1.70. The van der Waals surface area contributed by atoms with Crippen LogP contribution in [0.15, 0.2) is 59.4 Å². The van der Waals surface area contributed by atoms with E-state index in [4.69, 9.17) is 4.74 Å². The zero-order valence-electron chi connectivity index (χ0n) is 14.5. The number of hydrogen-bond acceptors (Lipinski definition) is 4. The number of amides is 1. The first-order valence-corrected chi connectivity index (χ1v) is 9.14. The standard InChI is InChI=1S/C20H18N2O3S/c1-21-19-18(26-20(21)24)15(14-10-6-7-11-16(14)25-2)12-17(23)22(19)13-8-4-3-5-9-13/h3-11,15H,12H2,1-2H3/t15-/m1/s1. The van der Waals surface area contributed by atoms with E-state index in [2.05, 4.69) is 0 Å². The van der Waals surface area contributed by atoms with Gasteiger partial charge in [-0.3, -0.25) is 19.1 Å². The first-order chi connectivity index (χ1) is 12.6. The smallest absolute Gasteiger partial charge is 0.308 e. The molecule has 1 aliphatic heterocycles. The molecule has 132 valence electrons. The molecule has 2 heterocycles. The number of ether oxygens (including phenoxy) is 1. The number of carbonyl (C=O) groups excluding carboxylic acids is 1. The van der Waals surface area contributed by atoms with E-state index in [1.807, 2.05) is 54.6 Å². The van der Waals surface area contributed by atoms with Gasteiger partial charge in [-0.1, -0.05) is 47.7 Å². The highest BCUT2D eigenvalue weighted by Crippen LogP contribution is 2.46. The quantitative estimate of drug-likeness (QED) is 0.711. The zero-order valence-corrected chi connectivity index (χ0v) is 15.3. The van der Waals surface area contributed by atoms with Gasteiger partial charge in [0.25, 0.3) is 0 Å². The molecule has 1 aromatic heterocycles. The van der Waals surface area contributed by atoms with E-state index in [1.54, 1.807) is 23.6 Å². The number of aromatic nitrogens is 1. The first kappa shape index (κ1) is 16.6. The van der Waals surface area contributed by atoms with Crippen LogP contribution >= 0.6 is 11.3 Å². The molecule has 0 radical (unpaired) electrons. The van der Waals surface area contributed by atoms with E-state index in [1.165, 1.54) is 11.3 Å². The summed E-state index contributed by atoms with van der Waals surface area (Å²) in [6.07, 6.45) is 0.294. The fourth-order valence-corrected chi connectivity index (χ4v) is 4.56. The fraction of sp³-hybridized carbons (Fsp3) is 0.200. The monoisotopic (exact) mass is 366 g/mol. The van der Waals surface area contributed by atoms with Crippen LogP contribution in [0.4, 0.5) is 11.5 Å². The van der Waals surface area contributed by atoms with Crippen LogP contribution in [0.3, 0.4) is 0 Å². The third-order valence-electron chi connectivity index (χ3n) is 4.69. The van der Waals surface area contributed by atoms with Crippen molar-refractivity contribution < 1.29 is 9.53 Å². The molecule has 1 amide bonds. The van der Waals surface area contributed by atoms with Crippen molar-refractivity contribution in [2.24, 2.45) is 7.05 Å². The van der Waals surface area contributed by atoms with Gasteiger partial charge in [0.05, 0.1) is 17.7 Å². The maximum Gasteiger partial charge on any atom is 0.308 e. The third kappa shape index (κ3) is 2.54. The minimum absolute atomic E-state index is 0.0343. The molecule has 0 bridgehead atoms. The van der Waals surface area contributed by atoms with Gasteiger partial charge in [-0.2, -0.15) is 0 Å². The largest absolute Gasteiger partial charge is 0.496 e.